The first-order valence-corrected chi connectivity index (χ1v) is 14.6. The molecule has 0 saturated carbocycles. The fourth-order valence-electron chi connectivity index (χ4n) is 6.32. The average Bonchev–Trinajstić information content (AvgIpc) is 3.56. The van der Waals surface area contributed by atoms with Crippen molar-refractivity contribution >= 4 is 29.3 Å². The van der Waals surface area contributed by atoms with Crippen LogP contribution in [0.1, 0.15) is 35.6 Å². The third-order valence-corrected chi connectivity index (χ3v) is 8.79. The summed E-state index contributed by atoms with van der Waals surface area (Å²) in [6, 6.07) is 22.3. The number of ether oxygens (including phenoxy) is 1. The molecule has 43 heavy (non-hydrogen) atoms. The Morgan fingerprint density at radius 3 is 2.49 bits per heavy atom. The molecule has 2 N–H and O–H groups in total. The number of cyclic esters (lactones) is 1. The number of amides is 3. The van der Waals surface area contributed by atoms with E-state index >= 15 is 0 Å². The van der Waals surface area contributed by atoms with Crippen molar-refractivity contribution < 1.29 is 29.3 Å². The van der Waals surface area contributed by atoms with E-state index in [1.165, 1.54) is 0 Å². The number of carbonyl (C=O) groups is 3. The Labute approximate surface area is 250 Å². The number of aliphatic hydroxyl groups excluding tert-OH is 1. The molecule has 9 nitrogen and oxygen atoms in total. The van der Waals surface area contributed by atoms with E-state index in [4.69, 9.17) is 4.74 Å². The van der Waals surface area contributed by atoms with E-state index in [1.807, 2.05) is 60.7 Å². The highest BCUT2D eigenvalue weighted by Crippen LogP contribution is 2.45. The Morgan fingerprint density at radius 1 is 1.05 bits per heavy atom. The maximum absolute atomic E-state index is 13.9. The van der Waals surface area contributed by atoms with Gasteiger partial charge in [0.15, 0.2) is 5.60 Å². The first kappa shape index (κ1) is 28.6. The molecule has 3 aromatic rings. The number of carbonyl (C=O) groups excluding carboxylic acids is 3. The van der Waals surface area contributed by atoms with Gasteiger partial charge in [0.05, 0.1) is 31.4 Å². The number of rotatable bonds is 8. The number of benzene rings is 3. The molecule has 3 aromatic carbocycles. The van der Waals surface area contributed by atoms with Gasteiger partial charge in [-0.15, -0.1) is 0 Å². The summed E-state index contributed by atoms with van der Waals surface area (Å²) in [5.74, 6) is -1.16. The molecule has 0 spiro atoms. The molecule has 1 fully saturated rings. The minimum absolute atomic E-state index is 0.0928. The highest BCUT2D eigenvalue weighted by molar-refractivity contribution is 6.07. The van der Waals surface area contributed by atoms with Crippen LogP contribution < -0.4 is 9.80 Å². The molecule has 3 amide bonds. The number of para-hydroxylation sites is 1. The van der Waals surface area contributed by atoms with Crippen molar-refractivity contribution in [1.29, 1.82) is 0 Å². The van der Waals surface area contributed by atoms with Crippen LogP contribution >= 0.6 is 0 Å². The summed E-state index contributed by atoms with van der Waals surface area (Å²) in [6.45, 7) is 3.20. The predicted molar refractivity (Wildman–Crippen MR) is 161 cm³/mol. The largest absolute Gasteiger partial charge is 0.447 e. The lowest BCUT2D eigenvalue weighted by Gasteiger charge is -2.36. The van der Waals surface area contributed by atoms with Crippen LogP contribution in [0.4, 0.5) is 16.2 Å². The molecule has 6 rings (SSSR count). The molecule has 0 aromatic heterocycles. The van der Waals surface area contributed by atoms with Gasteiger partial charge in [-0.2, -0.15) is 0 Å². The van der Waals surface area contributed by atoms with Crippen molar-refractivity contribution in [2.24, 2.45) is 5.92 Å². The van der Waals surface area contributed by atoms with Crippen molar-refractivity contribution in [2.45, 2.75) is 44.5 Å². The normalized spacial score (nSPS) is 22.1. The quantitative estimate of drug-likeness (QED) is 0.391. The molecule has 9 heteroatoms. The predicted octanol–water partition coefficient (Wildman–Crippen LogP) is 3.91. The van der Waals surface area contributed by atoms with Gasteiger partial charge in [0, 0.05) is 30.1 Å². The average molecular weight is 582 g/mol. The molecular formula is C34H35N3O6. The summed E-state index contributed by atoms with van der Waals surface area (Å²) in [5.41, 5.74) is 3.15. The third-order valence-electron chi connectivity index (χ3n) is 8.79. The summed E-state index contributed by atoms with van der Waals surface area (Å²) >= 11 is 0. The van der Waals surface area contributed by atoms with Crippen LogP contribution in [-0.4, -0.2) is 58.8 Å². The zero-order chi connectivity index (χ0) is 30.1. The SMILES string of the molecule is C[C@@H](/C=C/CC(=O)N1Cc2ccccc2C[C@H]1CO)[C@]1(O)C(=O)N(Cc2ccc(N3CCOC3=O)cc2)c2ccccc21. The first-order chi connectivity index (χ1) is 20.8. The van der Waals surface area contributed by atoms with Crippen molar-refractivity contribution in [2.75, 3.05) is 29.6 Å². The molecule has 0 bridgehead atoms. The van der Waals surface area contributed by atoms with Crippen LogP contribution in [0.2, 0.25) is 0 Å². The second-order valence-corrected chi connectivity index (χ2v) is 11.4. The van der Waals surface area contributed by atoms with E-state index in [9.17, 15) is 24.6 Å². The highest BCUT2D eigenvalue weighted by Gasteiger charge is 2.52. The topological polar surface area (TPSA) is 111 Å². The number of hydrogen-bond acceptors (Lipinski definition) is 6. The number of nitrogens with zero attached hydrogens (tertiary/aromatic N) is 3. The Balaban J connectivity index is 1.16. The summed E-state index contributed by atoms with van der Waals surface area (Å²) in [7, 11) is 0. The number of fused-ring (bicyclic) bond motifs is 2. The molecule has 3 heterocycles. The molecule has 222 valence electrons. The van der Waals surface area contributed by atoms with Crippen LogP contribution in [0.3, 0.4) is 0 Å². The fraction of sp³-hybridized carbons (Fsp3) is 0.324. The van der Waals surface area contributed by atoms with Crippen LogP contribution in [0.15, 0.2) is 84.9 Å². The van der Waals surface area contributed by atoms with E-state index in [2.05, 4.69) is 0 Å². The van der Waals surface area contributed by atoms with Crippen molar-refractivity contribution in [3.05, 3.63) is 107 Å². The standard InChI is InChI=1S/C34H35N3O6/c1-23(7-6-12-31(39)36-21-26-9-3-2-8-25(26)19-28(36)22-38)34(42)29-10-4-5-11-30(29)37(32(34)40)20-24-13-15-27(16-14-24)35-17-18-43-33(35)41/h2-11,13-16,23,28,38,42H,12,17-22H2,1H3/b7-6+/t23-,28-,34+/m0/s1. The lowest BCUT2D eigenvalue weighted by molar-refractivity contribution is -0.139. The van der Waals surface area contributed by atoms with Gasteiger partial charge in [0.2, 0.25) is 5.91 Å². The summed E-state index contributed by atoms with van der Waals surface area (Å²) < 4.78 is 5.02. The number of anilines is 2. The lowest BCUT2D eigenvalue weighted by atomic mass is 9.83. The maximum atomic E-state index is 13.9. The van der Waals surface area contributed by atoms with E-state index in [0.717, 1.165) is 22.4 Å². The Bertz CT molecular complexity index is 1570. The minimum atomic E-state index is -1.80. The van der Waals surface area contributed by atoms with Gasteiger partial charge in [-0.25, -0.2) is 4.79 Å². The van der Waals surface area contributed by atoms with E-state index < -0.39 is 17.4 Å². The molecule has 0 unspecified atom stereocenters. The zero-order valence-electron chi connectivity index (χ0n) is 24.1. The van der Waals surface area contributed by atoms with Crippen molar-refractivity contribution in [1.82, 2.24) is 4.90 Å². The Morgan fingerprint density at radius 2 is 1.77 bits per heavy atom. The Kier molecular flexibility index (Phi) is 7.77. The molecular weight excluding hydrogens is 546 g/mol. The Hall–Kier alpha value is -4.47. The van der Waals surface area contributed by atoms with E-state index in [1.54, 1.807) is 45.9 Å². The van der Waals surface area contributed by atoms with E-state index in [-0.39, 0.29) is 37.6 Å². The molecule has 3 aliphatic heterocycles. The molecule has 0 aliphatic carbocycles. The molecule has 3 aliphatic rings. The lowest BCUT2D eigenvalue weighted by Crippen LogP contribution is -2.46. The van der Waals surface area contributed by atoms with Crippen LogP contribution in [0.25, 0.3) is 0 Å². The van der Waals surface area contributed by atoms with Crippen LogP contribution in [0, 0.1) is 5.92 Å². The van der Waals surface area contributed by atoms with Gasteiger partial charge in [0.25, 0.3) is 5.91 Å². The summed E-state index contributed by atoms with van der Waals surface area (Å²) in [6.07, 6.45) is 3.76. The van der Waals surface area contributed by atoms with Gasteiger partial charge in [-0.3, -0.25) is 14.5 Å². The smallest absolute Gasteiger partial charge is 0.414 e. The second kappa shape index (κ2) is 11.7. The van der Waals surface area contributed by atoms with Crippen LogP contribution in [0.5, 0.6) is 0 Å². The zero-order valence-corrected chi connectivity index (χ0v) is 24.1. The van der Waals surface area contributed by atoms with Gasteiger partial charge >= 0.3 is 6.09 Å². The summed E-state index contributed by atoms with van der Waals surface area (Å²) in [4.78, 5) is 43.8. The summed E-state index contributed by atoms with van der Waals surface area (Å²) in [5, 5.41) is 21.9. The minimum Gasteiger partial charge on any atom is -0.447 e. The molecule has 1 saturated heterocycles. The van der Waals surface area contributed by atoms with Gasteiger partial charge < -0.3 is 24.7 Å². The fourth-order valence-corrected chi connectivity index (χ4v) is 6.32. The molecule has 3 atom stereocenters. The molecule has 0 radical (unpaired) electrons. The number of hydrogen-bond donors (Lipinski definition) is 2. The maximum Gasteiger partial charge on any atom is 0.414 e. The second-order valence-electron chi connectivity index (χ2n) is 11.4. The van der Waals surface area contributed by atoms with Crippen LogP contribution in [-0.2, 0) is 39.4 Å². The monoisotopic (exact) mass is 581 g/mol. The van der Waals surface area contributed by atoms with Gasteiger partial charge in [-0.1, -0.05) is 73.7 Å². The van der Waals surface area contributed by atoms with Crippen molar-refractivity contribution in [3.63, 3.8) is 0 Å². The van der Waals surface area contributed by atoms with E-state index in [0.29, 0.717) is 37.4 Å². The van der Waals surface area contributed by atoms with Gasteiger partial charge in [-0.05, 0) is 41.3 Å². The highest BCUT2D eigenvalue weighted by atomic mass is 16.6. The third kappa shape index (κ3) is 5.19. The van der Waals surface area contributed by atoms with Gasteiger partial charge in [0.1, 0.15) is 6.61 Å². The first-order valence-electron chi connectivity index (χ1n) is 14.6. The number of aliphatic hydroxyl groups is 2. The van der Waals surface area contributed by atoms with Crippen molar-refractivity contribution in [3.8, 4) is 0 Å².